The molecule has 4 amide bonds. The van der Waals surface area contributed by atoms with Gasteiger partial charge in [0.1, 0.15) is 0 Å². The quantitative estimate of drug-likeness (QED) is 0.809. The zero-order valence-electron chi connectivity index (χ0n) is 14.4. The predicted octanol–water partition coefficient (Wildman–Crippen LogP) is 3.37. The monoisotopic (exact) mass is 371 g/mol. The number of imide groups is 1. The van der Waals surface area contributed by atoms with Crippen molar-refractivity contribution in [2.75, 3.05) is 18.4 Å². The largest absolute Gasteiger partial charge is 0.336 e. The first-order valence-corrected chi connectivity index (χ1v) is 8.53. The van der Waals surface area contributed by atoms with Gasteiger partial charge in [0.25, 0.3) is 11.8 Å². The van der Waals surface area contributed by atoms with Crippen molar-refractivity contribution in [3.8, 4) is 0 Å². The number of carbonyl (C=O) groups is 3. The lowest BCUT2D eigenvalue weighted by Crippen LogP contribution is -2.39. The molecule has 0 saturated heterocycles. The lowest BCUT2D eigenvalue weighted by molar-refractivity contribution is 0.0656. The smallest absolute Gasteiger partial charge is 0.319 e. The molecule has 2 aromatic carbocycles. The number of hydrogen-bond donors (Lipinski definition) is 2. The van der Waals surface area contributed by atoms with E-state index in [1.54, 1.807) is 30.3 Å². The number of halogens is 1. The molecular weight excluding hydrogens is 354 g/mol. The predicted molar refractivity (Wildman–Crippen MR) is 99.8 cm³/mol. The van der Waals surface area contributed by atoms with Crippen LogP contribution >= 0.6 is 11.6 Å². The molecule has 1 aliphatic heterocycles. The van der Waals surface area contributed by atoms with Crippen LogP contribution in [0.25, 0.3) is 0 Å². The maximum absolute atomic E-state index is 12.3. The average Bonchev–Trinajstić information content (AvgIpc) is 2.83. The first kappa shape index (κ1) is 17.9. The Hall–Kier alpha value is -2.86. The number of nitrogens with one attached hydrogen (secondary N) is 2. The fraction of sp³-hybridized carbons (Fsp3) is 0.211. The van der Waals surface area contributed by atoms with E-state index < -0.39 is 6.03 Å². The van der Waals surface area contributed by atoms with Crippen molar-refractivity contribution in [1.29, 1.82) is 0 Å². The van der Waals surface area contributed by atoms with Crippen LogP contribution in [0, 0.1) is 13.8 Å². The highest BCUT2D eigenvalue weighted by Crippen LogP contribution is 2.27. The zero-order chi connectivity index (χ0) is 18.8. The van der Waals surface area contributed by atoms with Gasteiger partial charge < -0.3 is 10.6 Å². The lowest BCUT2D eigenvalue weighted by atomic mass is 10.1. The molecule has 0 radical (unpaired) electrons. The Kier molecular flexibility index (Phi) is 4.95. The number of anilines is 1. The Labute approximate surface area is 156 Å². The van der Waals surface area contributed by atoms with Gasteiger partial charge in [-0.25, -0.2) is 4.79 Å². The van der Waals surface area contributed by atoms with Crippen molar-refractivity contribution >= 4 is 35.1 Å². The van der Waals surface area contributed by atoms with E-state index >= 15 is 0 Å². The van der Waals surface area contributed by atoms with E-state index in [-0.39, 0.29) is 24.9 Å². The van der Waals surface area contributed by atoms with Crippen LogP contribution in [-0.2, 0) is 0 Å². The van der Waals surface area contributed by atoms with E-state index in [1.807, 2.05) is 19.9 Å². The number of hydrogen-bond acceptors (Lipinski definition) is 3. The number of fused-ring (bicyclic) bond motifs is 1. The van der Waals surface area contributed by atoms with E-state index in [4.69, 9.17) is 11.6 Å². The number of benzene rings is 2. The summed E-state index contributed by atoms with van der Waals surface area (Å²) < 4.78 is 0. The van der Waals surface area contributed by atoms with Gasteiger partial charge in [0.05, 0.1) is 21.8 Å². The minimum absolute atomic E-state index is 0.0976. The van der Waals surface area contributed by atoms with Crippen LogP contribution < -0.4 is 10.6 Å². The number of rotatable bonds is 4. The molecule has 1 heterocycles. The van der Waals surface area contributed by atoms with E-state index in [0.29, 0.717) is 21.8 Å². The molecule has 134 valence electrons. The number of aryl methyl sites for hydroxylation is 2. The van der Waals surface area contributed by atoms with Crippen molar-refractivity contribution in [2.45, 2.75) is 13.8 Å². The first-order valence-electron chi connectivity index (χ1n) is 8.15. The fourth-order valence-corrected chi connectivity index (χ4v) is 3.32. The molecule has 2 aromatic rings. The molecule has 6 nitrogen and oxygen atoms in total. The minimum atomic E-state index is -0.449. The molecule has 0 aliphatic carbocycles. The molecule has 2 N–H and O–H groups in total. The Bertz CT molecular complexity index is 853. The lowest BCUT2D eigenvalue weighted by Gasteiger charge is -2.15. The molecule has 0 saturated carbocycles. The summed E-state index contributed by atoms with van der Waals surface area (Å²) in [5.74, 6) is -0.685. The first-order chi connectivity index (χ1) is 12.4. The highest BCUT2D eigenvalue weighted by Gasteiger charge is 2.34. The summed E-state index contributed by atoms with van der Waals surface area (Å²) in [5.41, 5.74) is 3.18. The van der Waals surface area contributed by atoms with Crippen LogP contribution in [0.2, 0.25) is 5.02 Å². The SMILES string of the molecule is Cc1cc(C)c(NC(=O)NCCN2C(=O)c3ccccc3C2=O)c(Cl)c1. The van der Waals surface area contributed by atoms with Crippen LogP contribution in [0.15, 0.2) is 36.4 Å². The van der Waals surface area contributed by atoms with Crippen LogP contribution in [0.4, 0.5) is 10.5 Å². The third-order valence-corrected chi connectivity index (χ3v) is 4.47. The second-order valence-corrected chi connectivity index (χ2v) is 6.53. The summed E-state index contributed by atoms with van der Waals surface area (Å²) in [7, 11) is 0. The summed E-state index contributed by atoms with van der Waals surface area (Å²) in [4.78, 5) is 37.7. The topological polar surface area (TPSA) is 78.5 Å². The van der Waals surface area contributed by atoms with E-state index in [0.717, 1.165) is 16.0 Å². The van der Waals surface area contributed by atoms with Gasteiger partial charge in [-0.2, -0.15) is 0 Å². The van der Waals surface area contributed by atoms with Gasteiger partial charge in [-0.15, -0.1) is 0 Å². The van der Waals surface area contributed by atoms with E-state index in [9.17, 15) is 14.4 Å². The molecule has 1 aliphatic rings. The van der Waals surface area contributed by atoms with Gasteiger partial charge in [-0.3, -0.25) is 14.5 Å². The Morgan fingerprint density at radius 2 is 1.69 bits per heavy atom. The molecule has 7 heteroatoms. The van der Waals surface area contributed by atoms with Gasteiger partial charge in [0, 0.05) is 13.1 Å². The number of urea groups is 1. The second kappa shape index (κ2) is 7.17. The van der Waals surface area contributed by atoms with Crippen LogP contribution in [0.3, 0.4) is 0 Å². The normalized spacial score (nSPS) is 13.0. The fourth-order valence-electron chi connectivity index (χ4n) is 2.96. The second-order valence-electron chi connectivity index (χ2n) is 6.13. The summed E-state index contributed by atoms with van der Waals surface area (Å²) >= 11 is 6.17. The highest BCUT2D eigenvalue weighted by molar-refractivity contribution is 6.34. The average molecular weight is 372 g/mol. The summed E-state index contributed by atoms with van der Waals surface area (Å²) in [6, 6.07) is 9.91. The molecule has 0 aromatic heterocycles. The summed E-state index contributed by atoms with van der Waals surface area (Å²) in [6.07, 6.45) is 0. The number of amides is 4. The molecular formula is C19H18ClN3O3. The van der Waals surface area contributed by atoms with Crippen molar-refractivity contribution in [1.82, 2.24) is 10.2 Å². The van der Waals surface area contributed by atoms with Crippen LogP contribution in [-0.4, -0.2) is 35.8 Å². The standard InChI is InChI=1S/C19H18ClN3O3/c1-11-9-12(2)16(15(20)10-11)22-19(26)21-7-8-23-17(24)13-5-3-4-6-14(13)18(23)25/h3-6,9-10H,7-8H2,1-2H3,(H2,21,22,26). The third kappa shape index (κ3) is 3.41. The van der Waals surface area contributed by atoms with Gasteiger partial charge in [0.2, 0.25) is 0 Å². The Morgan fingerprint density at radius 3 is 2.27 bits per heavy atom. The Morgan fingerprint density at radius 1 is 1.08 bits per heavy atom. The van der Waals surface area contributed by atoms with Gasteiger partial charge in [-0.05, 0) is 43.2 Å². The molecule has 0 fully saturated rings. The van der Waals surface area contributed by atoms with Crippen molar-refractivity contribution in [3.05, 3.63) is 63.7 Å². The van der Waals surface area contributed by atoms with Gasteiger partial charge >= 0.3 is 6.03 Å². The summed E-state index contributed by atoms with van der Waals surface area (Å²) in [5, 5.41) is 5.80. The third-order valence-electron chi connectivity index (χ3n) is 4.17. The number of nitrogens with zero attached hydrogens (tertiary/aromatic N) is 1. The minimum Gasteiger partial charge on any atom is -0.336 e. The molecule has 3 rings (SSSR count). The summed E-state index contributed by atoms with van der Waals surface area (Å²) in [6.45, 7) is 4.01. The van der Waals surface area contributed by atoms with Gasteiger partial charge in [0.15, 0.2) is 0 Å². The molecule has 0 unspecified atom stereocenters. The maximum Gasteiger partial charge on any atom is 0.319 e. The maximum atomic E-state index is 12.3. The molecule has 0 atom stereocenters. The highest BCUT2D eigenvalue weighted by atomic mass is 35.5. The van der Waals surface area contributed by atoms with Crippen molar-refractivity contribution < 1.29 is 14.4 Å². The van der Waals surface area contributed by atoms with Crippen molar-refractivity contribution in [2.24, 2.45) is 0 Å². The molecule has 26 heavy (non-hydrogen) atoms. The molecule has 0 bridgehead atoms. The van der Waals surface area contributed by atoms with Crippen LogP contribution in [0.5, 0.6) is 0 Å². The zero-order valence-corrected chi connectivity index (χ0v) is 15.2. The van der Waals surface area contributed by atoms with E-state index in [1.165, 1.54) is 0 Å². The van der Waals surface area contributed by atoms with Gasteiger partial charge in [-0.1, -0.05) is 29.8 Å². The number of carbonyl (C=O) groups excluding carboxylic acids is 3. The van der Waals surface area contributed by atoms with Crippen LogP contribution in [0.1, 0.15) is 31.8 Å². The Balaban J connectivity index is 1.57. The van der Waals surface area contributed by atoms with Crippen molar-refractivity contribution in [3.63, 3.8) is 0 Å². The van der Waals surface area contributed by atoms with E-state index in [2.05, 4.69) is 10.6 Å². The molecule has 0 spiro atoms.